The fourth-order valence-corrected chi connectivity index (χ4v) is 1.53. The van der Waals surface area contributed by atoms with Gasteiger partial charge < -0.3 is 9.84 Å². The number of rotatable bonds is 4. The van der Waals surface area contributed by atoms with E-state index in [0.717, 1.165) is 6.07 Å². The first kappa shape index (κ1) is 12.9. The maximum absolute atomic E-state index is 12.3. The second-order valence-corrected chi connectivity index (χ2v) is 3.52. The minimum atomic E-state index is -3.05. The van der Waals surface area contributed by atoms with Gasteiger partial charge in [-0.05, 0) is 18.2 Å². The number of hydrogen-bond donors (Lipinski definition) is 1. The third-order valence-corrected chi connectivity index (χ3v) is 2.32. The van der Waals surface area contributed by atoms with E-state index in [4.69, 9.17) is 5.11 Å². The van der Waals surface area contributed by atoms with Crippen molar-refractivity contribution >= 4 is 5.97 Å². The first-order valence-electron chi connectivity index (χ1n) is 5.15. The van der Waals surface area contributed by atoms with E-state index in [1.807, 2.05) is 0 Å². The highest BCUT2D eigenvalue weighted by Gasteiger charge is 2.14. The van der Waals surface area contributed by atoms with Crippen molar-refractivity contribution in [3.05, 3.63) is 42.5 Å². The Morgan fingerprint density at radius 1 is 1.26 bits per heavy atom. The molecule has 19 heavy (non-hydrogen) atoms. The van der Waals surface area contributed by atoms with Crippen LogP contribution in [0.25, 0.3) is 11.1 Å². The average Bonchev–Trinajstić information content (AvgIpc) is 2.39. The van der Waals surface area contributed by atoms with E-state index < -0.39 is 12.6 Å². The second-order valence-electron chi connectivity index (χ2n) is 3.52. The summed E-state index contributed by atoms with van der Waals surface area (Å²) in [7, 11) is 0. The fourth-order valence-electron chi connectivity index (χ4n) is 1.53. The Labute approximate surface area is 106 Å². The molecule has 0 radical (unpaired) electrons. The third-order valence-electron chi connectivity index (χ3n) is 2.32. The first-order valence-corrected chi connectivity index (χ1v) is 5.15. The van der Waals surface area contributed by atoms with Gasteiger partial charge in [-0.25, -0.2) is 14.8 Å². The second kappa shape index (κ2) is 5.38. The van der Waals surface area contributed by atoms with Gasteiger partial charge in [0, 0.05) is 23.5 Å². The van der Waals surface area contributed by atoms with Crippen molar-refractivity contribution in [3.63, 3.8) is 0 Å². The quantitative estimate of drug-likeness (QED) is 0.920. The zero-order chi connectivity index (χ0) is 13.8. The van der Waals surface area contributed by atoms with Crippen LogP contribution in [-0.4, -0.2) is 27.7 Å². The van der Waals surface area contributed by atoms with Gasteiger partial charge >= 0.3 is 12.6 Å². The lowest BCUT2D eigenvalue weighted by Crippen LogP contribution is -2.05. The Balaban J connectivity index is 2.51. The van der Waals surface area contributed by atoms with Crippen LogP contribution in [0.3, 0.4) is 0 Å². The molecule has 5 nitrogen and oxygen atoms in total. The topological polar surface area (TPSA) is 72.3 Å². The fraction of sp³-hybridized carbons (Fsp3) is 0.0833. The van der Waals surface area contributed by atoms with Gasteiger partial charge in [-0.3, -0.25) is 0 Å². The van der Waals surface area contributed by atoms with E-state index in [1.165, 1.54) is 30.9 Å². The van der Waals surface area contributed by atoms with E-state index in [2.05, 4.69) is 14.7 Å². The van der Waals surface area contributed by atoms with Gasteiger partial charge in [0.15, 0.2) is 0 Å². The number of aromatic carboxylic acids is 1. The molecule has 0 aliphatic carbocycles. The van der Waals surface area contributed by atoms with E-state index in [-0.39, 0.29) is 11.3 Å². The Hall–Kier alpha value is -2.57. The van der Waals surface area contributed by atoms with Crippen LogP contribution in [0.5, 0.6) is 5.75 Å². The van der Waals surface area contributed by atoms with Crippen molar-refractivity contribution in [2.45, 2.75) is 6.61 Å². The summed E-state index contributed by atoms with van der Waals surface area (Å²) < 4.78 is 29.0. The van der Waals surface area contributed by atoms with E-state index >= 15 is 0 Å². The molecule has 0 saturated heterocycles. The number of aromatic nitrogens is 2. The summed E-state index contributed by atoms with van der Waals surface area (Å²) in [5, 5.41) is 8.84. The number of hydrogen-bond acceptors (Lipinski definition) is 4. The summed E-state index contributed by atoms with van der Waals surface area (Å²) in [4.78, 5) is 18.4. The van der Waals surface area contributed by atoms with Gasteiger partial charge in [-0.2, -0.15) is 8.78 Å². The van der Waals surface area contributed by atoms with Gasteiger partial charge in [0.1, 0.15) is 12.1 Å². The monoisotopic (exact) mass is 266 g/mol. The molecule has 1 heterocycles. The molecule has 0 fully saturated rings. The van der Waals surface area contributed by atoms with Crippen molar-refractivity contribution in [3.8, 4) is 16.9 Å². The lowest BCUT2D eigenvalue weighted by atomic mass is 10.1. The molecule has 0 aliphatic heterocycles. The van der Waals surface area contributed by atoms with Gasteiger partial charge in [0.25, 0.3) is 0 Å². The van der Waals surface area contributed by atoms with Crippen molar-refractivity contribution < 1.29 is 23.4 Å². The van der Waals surface area contributed by atoms with E-state index in [0.29, 0.717) is 11.1 Å². The summed E-state index contributed by atoms with van der Waals surface area (Å²) in [5.41, 5.74) is 0.609. The number of alkyl halides is 2. The van der Waals surface area contributed by atoms with E-state index in [9.17, 15) is 13.6 Å². The molecule has 1 aromatic carbocycles. The Bertz CT molecular complexity index is 591. The largest absolute Gasteiger partial charge is 0.478 e. The maximum Gasteiger partial charge on any atom is 0.387 e. The lowest BCUT2D eigenvalue weighted by molar-refractivity contribution is -0.0495. The van der Waals surface area contributed by atoms with Crippen molar-refractivity contribution in [2.24, 2.45) is 0 Å². The van der Waals surface area contributed by atoms with Gasteiger partial charge in [0.05, 0.1) is 5.56 Å². The van der Waals surface area contributed by atoms with Crippen LogP contribution >= 0.6 is 0 Å². The number of benzene rings is 1. The number of carboxylic acids is 1. The third kappa shape index (κ3) is 3.01. The van der Waals surface area contributed by atoms with Crippen LogP contribution in [0.1, 0.15) is 10.4 Å². The van der Waals surface area contributed by atoms with Crippen LogP contribution < -0.4 is 4.74 Å². The summed E-state index contributed by atoms with van der Waals surface area (Å²) in [6, 6.07) is 3.71. The molecular weight excluding hydrogens is 258 g/mol. The summed E-state index contributed by atoms with van der Waals surface area (Å²) in [6.07, 6.45) is 4.13. The number of ether oxygens (including phenoxy) is 1. The van der Waals surface area contributed by atoms with Crippen LogP contribution in [-0.2, 0) is 0 Å². The SMILES string of the molecule is O=C(O)c1ccc(-c2cncnc2)c(OC(F)F)c1. The molecule has 2 aromatic rings. The van der Waals surface area contributed by atoms with Crippen molar-refractivity contribution in [2.75, 3.05) is 0 Å². The molecule has 0 atom stereocenters. The predicted molar refractivity (Wildman–Crippen MR) is 61.1 cm³/mol. The lowest BCUT2D eigenvalue weighted by Gasteiger charge is -2.11. The van der Waals surface area contributed by atoms with Crippen LogP contribution in [0.15, 0.2) is 36.9 Å². The normalized spacial score (nSPS) is 10.5. The molecule has 0 saturated carbocycles. The average molecular weight is 266 g/mol. The molecular formula is C12H8F2N2O3. The molecule has 0 aliphatic rings. The molecule has 1 aromatic heterocycles. The molecule has 98 valence electrons. The zero-order valence-electron chi connectivity index (χ0n) is 9.46. The standard InChI is InChI=1S/C12H8F2N2O3/c13-12(14)19-10-3-7(11(17)18)1-2-9(10)8-4-15-6-16-5-8/h1-6,12H,(H,17,18). The van der Waals surface area contributed by atoms with Crippen molar-refractivity contribution in [1.82, 2.24) is 9.97 Å². The molecule has 0 amide bonds. The van der Waals surface area contributed by atoms with Gasteiger partial charge in [-0.15, -0.1) is 0 Å². The highest BCUT2D eigenvalue weighted by molar-refractivity contribution is 5.89. The van der Waals surface area contributed by atoms with Crippen LogP contribution in [0.2, 0.25) is 0 Å². The Morgan fingerprint density at radius 3 is 2.53 bits per heavy atom. The van der Waals surface area contributed by atoms with E-state index in [1.54, 1.807) is 0 Å². The molecule has 0 spiro atoms. The van der Waals surface area contributed by atoms with Crippen LogP contribution in [0, 0.1) is 0 Å². The Morgan fingerprint density at radius 2 is 1.95 bits per heavy atom. The molecule has 2 rings (SSSR count). The Kier molecular flexibility index (Phi) is 3.65. The smallest absolute Gasteiger partial charge is 0.387 e. The number of carboxylic acid groups (broad SMARTS) is 1. The molecule has 0 unspecified atom stereocenters. The first-order chi connectivity index (χ1) is 9.08. The number of halogens is 2. The maximum atomic E-state index is 12.3. The summed E-state index contributed by atoms with van der Waals surface area (Å²) >= 11 is 0. The summed E-state index contributed by atoms with van der Waals surface area (Å²) in [6.45, 7) is -3.05. The van der Waals surface area contributed by atoms with Crippen LogP contribution in [0.4, 0.5) is 8.78 Å². The predicted octanol–water partition coefficient (Wildman–Crippen LogP) is 2.44. The molecule has 1 N–H and O–H groups in total. The minimum absolute atomic E-state index is 0.142. The van der Waals surface area contributed by atoms with Gasteiger partial charge in [-0.1, -0.05) is 0 Å². The summed E-state index contributed by atoms with van der Waals surface area (Å²) in [5.74, 6) is -1.46. The highest BCUT2D eigenvalue weighted by atomic mass is 19.3. The number of carbonyl (C=O) groups is 1. The highest BCUT2D eigenvalue weighted by Crippen LogP contribution is 2.31. The molecule has 7 heteroatoms. The zero-order valence-corrected chi connectivity index (χ0v) is 9.46. The number of nitrogens with zero attached hydrogens (tertiary/aromatic N) is 2. The van der Waals surface area contributed by atoms with Crippen molar-refractivity contribution in [1.29, 1.82) is 0 Å². The van der Waals surface area contributed by atoms with Gasteiger partial charge in [0.2, 0.25) is 0 Å². The minimum Gasteiger partial charge on any atom is -0.478 e. The molecule has 0 bridgehead atoms.